The normalized spacial score (nSPS) is 16.6. The van der Waals surface area contributed by atoms with Gasteiger partial charge in [0, 0.05) is 29.8 Å². The molecule has 180 valence electrons. The van der Waals surface area contributed by atoms with E-state index in [9.17, 15) is 26.0 Å². The van der Waals surface area contributed by atoms with Crippen molar-refractivity contribution >= 4 is 21.5 Å². The van der Waals surface area contributed by atoms with Crippen molar-refractivity contribution in [3.05, 3.63) is 82.5 Å². The minimum absolute atomic E-state index is 0.297. The van der Waals surface area contributed by atoms with Gasteiger partial charge in [0.15, 0.2) is 5.82 Å². The quantitative estimate of drug-likeness (QED) is 0.437. The molecule has 3 aromatic rings. The summed E-state index contributed by atoms with van der Waals surface area (Å²) < 4.78 is 95.8. The molecule has 1 aromatic heterocycles. The van der Waals surface area contributed by atoms with Gasteiger partial charge in [-0.25, -0.2) is 22.2 Å². The lowest BCUT2D eigenvalue weighted by Gasteiger charge is -2.22. The van der Waals surface area contributed by atoms with Crippen LogP contribution in [-0.4, -0.2) is 19.9 Å². The third kappa shape index (κ3) is 4.44. The highest BCUT2D eigenvalue weighted by Gasteiger charge is 2.34. The average molecular weight is 497 g/mol. The highest BCUT2D eigenvalue weighted by Crippen LogP contribution is 2.42. The Hall–Kier alpha value is -3.21. The van der Waals surface area contributed by atoms with Crippen LogP contribution < -0.4 is 10.0 Å². The number of hydrogen-bond donors (Lipinski definition) is 2. The summed E-state index contributed by atoms with van der Waals surface area (Å²) in [5.74, 6) is -2.28. The van der Waals surface area contributed by atoms with Gasteiger partial charge in [-0.05, 0) is 54.8 Å². The number of anilines is 2. The highest BCUT2D eigenvalue weighted by molar-refractivity contribution is 7.92. The molecule has 0 saturated heterocycles. The monoisotopic (exact) mass is 497 g/mol. The number of aromatic nitrogens is 1. The van der Waals surface area contributed by atoms with E-state index in [2.05, 4.69) is 10.3 Å². The molecule has 4 rings (SSSR count). The number of pyridine rings is 1. The molecule has 2 N–H and O–H groups in total. The molecule has 1 aliphatic heterocycles. The Morgan fingerprint density at radius 3 is 2.44 bits per heavy atom. The fraction of sp³-hybridized carbons (Fsp3) is 0.261. The summed E-state index contributed by atoms with van der Waals surface area (Å²) in [6, 6.07) is 6.55. The smallest absolute Gasteiger partial charge is 0.369 e. The van der Waals surface area contributed by atoms with Gasteiger partial charge in [-0.1, -0.05) is 13.0 Å². The topological polar surface area (TPSA) is 71.1 Å². The van der Waals surface area contributed by atoms with Crippen LogP contribution in [0.4, 0.5) is 33.5 Å². The predicted molar refractivity (Wildman–Crippen MR) is 117 cm³/mol. The lowest BCUT2D eigenvalue weighted by Crippen LogP contribution is -2.18. The van der Waals surface area contributed by atoms with Crippen LogP contribution in [-0.2, 0) is 16.2 Å². The Morgan fingerprint density at radius 1 is 1.12 bits per heavy atom. The van der Waals surface area contributed by atoms with Gasteiger partial charge in [0.2, 0.25) is 0 Å². The number of sulfonamides is 1. The molecule has 11 heteroatoms. The van der Waals surface area contributed by atoms with Gasteiger partial charge in [0.1, 0.15) is 11.6 Å². The second-order valence-corrected chi connectivity index (χ2v) is 9.86. The van der Waals surface area contributed by atoms with E-state index in [1.807, 2.05) is 17.7 Å². The zero-order chi connectivity index (χ0) is 24.8. The van der Waals surface area contributed by atoms with E-state index in [1.54, 1.807) is 13.1 Å². The van der Waals surface area contributed by atoms with Crippen LogP contribution >= 0.6 is 0 Å². The van der Waals surface area contributed by atoms with Crippen molar-refractivity contribution in [3.63, 3.8) is 0 Å². The van der Waals surface area contributed by atoms with Crippen LogP contribution in [0.15, 0.2) is 53.6 Å². The van der Waals surface area contributed by atoms with Crippen LogP contribution in [0.25, 0.3) is 0 Å². The number of rotatable bonds is 5. The second kappa shape index (κ2) is 8.53. The van der Waals surface area contributed by atoms with Gasteiger partial charge >= 0.3 is 6.18 Å². The fourth-order valence-corrected chi connectivity index (χ4v) is 5.14. The van der Waals surface area contributed by atoms with Crippen LogP contribution in [0.2, 0.25) is 0 Å². The number of benzene rings is 2. The maximum atomic E-state index is 15.4. The summed E-state index contributed by atoms with van der Waals surface area (Å²) in [5, 5.41) is 3.11. The minimum atomic E-state index is -4.63. The molecule has 34 heavy (non-hydrogen) atoms. The van der Waals surface area contributed by atoms with Gasteiger partial charge in [-0.15, -0.1) is 0 Å². The molecule has 1 aliphatic rings. The van der Waals surface area contributed by atoms with Crippen LogP contribution in [0.1, 0.15) is 41.0 Å². The van der Waals surface area contributed by atoms with Gasteiger partial charge in [0.25, 0.3) is 10.0 Å². The Bertz CT molecular complexity index is 1340. The maximum absolute atomic E-state index is 15.4. The van der Waals surface area contributed by atoms with Crippen LogP contribution in [0.3, 0.4) is 0 Å². The van der Waals surface area contributed by atoms with E-state index in [0.717, 1.165) is 35.4 Å². The molecular weight excluding hydrogens is 477 g/mol. The van der Waals surface area contributed by atoms with E-state index in [1.165, 1.54) is 0 Å². The van der Waals surface area contributed by atoms with Gasteiger partial charge in [-0.3, -0.25) is 4.72 Å². The van der Waals surface area contributed by atoms with Crippen LogP contribution in [0, 0.1) is 18.6 Å². The van der Waals surface area contributed by atoms with Crippen molar-refractivity contribution in [2.45, 2.75) is 36.8 Å². The van der Waals surface area contributed by atoms with Crippen molar-refractivity contribution < 1.29 is 30.4 Å². The van der Waals surface area contributed by atoms with Crippen molar-refractivity contribution in [3.8, 4) is 0 Å². The number of halogens is 5. The lowest BCUT2D eigenvalue weighted by atomic mass is 9.83. The van der Waals surface area contributed by atoms with Crippen molar-refractivity contribution in [2.24, 2.45) is 0 Å². The van der Waals surface area contributed by atoms with E-state index in [4.69, 9.17) is 0 Å². The SMILES string of the molecule is Cc1cnc2c(c1)C(C(C)c1c(F)ccc(NS(=O)(=O)c3ccc(C(F)(F)F)cc3)c1F)CN2. The number of aryl methyl sites for hydroxylation is 1. The summed E-state index contributed by atoms with van der Waals surface area (Å²) in [6.07, 6.45) is -2.96. The van der Waals surface area contributed by atoms with E-state index < -0.39 is 49.9 Å². The molecule has 2 heterocycles. The number of hydrogen-bond acceptors (Lipinski definition) is 4. The summed E-state index contributed by atoms with van der Waals surface area (Å²) in [7, 11) is -4.43. The molecule has 5 nitrogen and oxygen atoms in total. The predicted octanol–water partition coefficient (Wildman–Crippen LogP) is 5.80. The molecule has 0 bridgehead atoms. The first-order chi connectivity index (χ1) is 15.9. The van der Waals surface area contributed by atoms with Crippen molar-refractivity contribution in [1.29, 1.82) is 0 Å². The van der Waals surface area contributed by atoms with Crippen molar-refractivity contribution in [2.75, 3.05) is 16.6 Å². The highest BCUT2D eigenvalue weighted by atomic mass is 32.2. The van der Waals surface area contributed by atoms with Gasteiger partial charge in [-0.2, -0.15) is 13.2 Å². The number of alkyl halides is 3. The Morgan fingerprint density at radius 2 is 1.79 bits per heavy atom. The molecule has 2 unspecified atom stereocenters. The molecule has 0 fully saturated rings. The molecular formula is C23H20F5N3O2S. The minimum Gasteiger partial charge on any atom is -0.369 e. The molecule has 0 radical (unpaired) electrons. The van der Waals surface area contributed by atoms with E-state index >= 15 is 4.39 Å². The largest absolute Gasteiger partial charge is 0.416 e. The number of fused-ring (bicyclic) bond motifs is 1. The molecule has 0 aliphatic carbocycles. The second-order valence-electron chi connectivity index (χ2n) is 8.18. The fourth-order valence-electron chi connectivity index (χ4n) is 4.08. The summed E-state index contributed by atoms with van der Waals surface area (Å²) >= 11 is 0. The Kier molecular flexibility index (Phi) is 6.01. The number of nitrogens with one attached hydrogen (secondary N) is 2. The molecule has 2 atom stereocenters. The zero-order valence-electron chi connectivity index (χ0n) is 18.0. The van der Waals surface area contributed by atoms with Gasteiger partial charge in [0.05, 0.1) is 16.1 Å². The average Bonchev–Trinajstić information content (AvgIpc) is 3.18. The third-order valence-corrected chi connectivity index (χ3v) is 7.25. The van der Waals surface area contributed by atoms with Crippen LogP contribution in [0.5, 0.6) is 0 Å². The first kappa shape index (κ1) is 23.9. The Labute approximate surface area is 193 Å². The lowest BCUT2D eigenvalue weighted by molar-refractivity contribution is -0.137. The maximum Gasteiger partial charge on any atom is 0.416 e. The Balaban J connectivity index is 1.65. The third-order valence-electron chi connectivity index (χ3n) is 5.86. The van der Waals surface area contributed by atoms with E-state index in [-0.39, 0.29) is 11.5 Å². The molecule has 0 spiro atoms. The molecule has 0 saturated carbocycles. The first-order valence-electron chi connectivity index (χ1n) is 10.3. The summed E-state index contributed by atoms with van der Waals surface area (Å²) in [5.41, 5.74) is -0.128. The van der Waals surface area contributed by atoms with Gasteiger partial charge < -0.3 is 5.32 Å². The molecule has 0 amide bonds. The zero-order valence-corrected chi connectivity index (χ0v) is 18.9. The molecule has 2 aromatic carbocycles. The van der Waals surface area contributed by atoms with Crippen molar-refractivity contribution in [1.82, 2.24) is 4.98 Å². The summed E-state index contributed by atoms with van der Waals surface area (Å²) in [6.45, 7) is 3.89. The summed E-state index contributed by atoms with van der Waals surface area (Å²) in [4.78, 5) is 3.80. The number of nitrogens with zero attached hydrogens (tertiary/aromatic N) is 1. The van der Waals surface area contributed by atoms with E-state index in [0.29, 0.717) is 24.5 Å². The standard InChI is InChI=1S/C23H20F5N3O2S/c1-12-9-16-17(11-30-22(16)29-10-12)13(2)20-18(24)7-8-19(21(20)25)31-34(32,33)15-5-3-14(4-6-15)23(26,27)28/h3-10,13,17,31H,11H2,1-2H3,(H,29,30). The first-order valence-corrected chi connectivity index (χ1v) is 11.7.